The monoisotopic (exact) mass is 746 g/mol. The van der Waals surface area contributed by atoms with Gasteiger partial charge in [0.25, 0.3) is 5.91 Å². The molecule has 2 heterocycles. The Balaban J connectivity index is 1.34. The minimum absolute atomic E-state index is 0.0234. The lowest BCUT2D eigenvalue weighted by Crippen LogP contribution is -2.28. The summed E-state index contributed by atoms with van der Waals surface area (Å²) in [5.41, 5.74) is -2.29. The second-order valence-corrected chi connectivity index (χ2v) is 13.9. The molecule has 1 fully saturated rings. The molecule has 2 amide bonds. The molecule has 0 radical (unpaired) electrons. The predicted octanol–water partition coefficient (Wildman–Crippen LogP) is 6.40. The van der Waals surface area contributed by atoms with Crippen molar-refractivity contribution in [2.75, 3.05) is 24.2 Å². The largest absolute Gasteiger partial charge is 0.416 e. The Labute approximate surface area is 284 Å². The molecule has 49 heavy (non-hydrogen) atoms. The topological polar surface area (TPSA) is 126 Å². The highest BCUT2D eigenvalue weighted by molar-refractivity contribution is 7.99. The number of nitrogens with zero attached hydrogens (tertiary/aromatic N) is 4. The van der Waals surface area contributed by atoms with E-state index in [9.17, 15) is 44.3 Å². The van der Waals surface area contributed by atoms with Crippen LogP contribution in [0.2, 0.25) is 5.02 Å². The number of carbonyl (C=O) groups is 2. The quantitative estimate of drug-likeness (QED) is 0.142. The van der Waals surface area contributed by atoms with Crippen molar-refractivity contribution in [3.8, 4) is 5.69 Å². The Morgan fingerprint density at radius 1 is 0.878 bits per heavy atom. The highest BCUT2D eigenvalue weighted by Crippen LogP contribution is 2.35. The fourth-order valence-electron chi connectivity index (χ4n) is 4.82. The molecule has 5 rings (SSSR count). The summed E-state index contributed by atoms with van der Waals surface area (Å²) in [4.78, 5) is 25.7. The van der Waals surface area contributed by atoms with Gasteiger partial charge in [-0.15, -0.1) is 10.2 Å². The van der Waals surface area contributed by atoms with E-state index in [2.05, 4.69) is 20.8 Å². The van der Waals surface area contributed by atoms with Crippen molar-refractivity contribution in [2.45, 2.75) is 41.8 Å². The number of alkyl halides is 6. The number of thioether (sulfide) groups is 1. The van der Waals surface area contributed by atoms with E-state index in [1.165, 1.54) is 39.2 Å². The van der Waals surface area contributed by atoms with Gasteiger partial charge in [-0.25, -0.2) is 8.42 Å². The lowest BCUT2D eigenvalue weighted by atomic mass is 10.2. The Hall–Kier alpha value is -4.13. The third kappa shape index (κ3) is 8.55. The molecule has 4 aromatic rings. The van der Waals surface area contributed by atoms with Crippen molar-refractivity contribution in [1.29, 1.82) is 0 Å². The number of carbonyl (C=O) groups excluding carboxylic acids is 2. The fraction of sp³-hybridized carbons (Fsp3) is 0.267. The predicted molar refractivity (Wildman–Crippen MR) is 168 cm³/mol. The Morgan fingerprint density at radius 2 is 1.53 bits per heavy atom. The van der Waals surface area contributed by atoms with E-state index in [-0.39, 0.29) is 44.4 Å². The summed E-state index contributed by atoms with van der Waals surface area (Å²) in [6.45, 7) is 0.473. The van der Waals surface area contributed by atoms with Crippen molar-refractivity contribution in [3.05, 3.63) is 94.3 Å². The van der Waals surface area contributed by atoms with Crippen molar-refractivity contribution < 1.29 is 44.3 Å². The number of sulfonamides is 1. The minimum atomic E-state index is -4.70. The summed E-state index contributed by atoms with van der Waals surface area (Å²) in [7, 11) is -3.71. The van der Waals surface area contributed by atoms with Crippen LogP contribution in [-0.2, 0) is 33.7 Å². The number of amides is 2. The summed E-state index contributed by atoms with van der Waals surface area (Å²) in [6.07, 6.45) is -7.88. The van der Waals surface area contributed by atoms with E-state index in [1.54, 1.807) is 0 Å². The first-order chi connectivity index (χ1) is 23.0. The second-order valence-electron chi connectivity index (χ2n) is 10.6. The number of anilines is 1. The zero-order chi connectivity index (χ0) is 35.6. The highest BCUT2D eigenvalue weighted by Gasteiger charge is 2.32. The molecular weight excluding hydrogens is 722 g/mol. The highest BCUT2D eigenvalue weighted by atomic mass is 35.5. The molecule has 0 bridgehead atoms. The van der Waals surface area contributed by atoms with Crippen molar-refractivity contribution >= 4 is 50.9 Å². The fourth-order valence-corrected chi connectivity index (χ4v) is 7.27. The summed E-state index contributed by atoms with van der Waals surface area (Å²) in [5, 5.41) is 12.6. The molecule has 2 N–H and O–H groups in total. The van der Waals surface area contributed by atoms with Gasteiger partial charge in [0.05, 0.1) is 44.7 Å². The molecule has 1 aliphatic heterocycles. The molecular formula is C30H25ClF6N6O4S2. The number of halogens is 7. The molecule has 3 aromatic carbocycles. The maximum absolute atomic E-state index is 13.6. The number of nitrogens with one attached hydrogen (secondary N) is 2. The van der Waals surface area contributed by atoms with Crippen molar-refractivity contribution in [1.82, 2.24) is 24.4 Å². The van der Waals surface area contributed by atoms with Gasteiger partial charge < -0.3 is 10.6 Å². The first-order valence-corrected chi connectivity index (χ1v) is 17.1. The number of rotatable bonds is 10. The second kappa shape index (κ2) is 14.4. The molecule has 19 heteroatoms. The zero-order valence-corrected chi connectivity index (χ0v) is 27.4. The lowest BCUT2D eigenvalue weighted by Gasteiger charge is -2.15. The van der Waals surface area contributed by atoms with Crippen LogP contribution in [0.3, 0.4) is 0 Å². The molecule has 0 aliphatic carbocycles. The first kappa shape index (κ1) is 36.2. The third-order valence-electron chi connectivity index (χ3n) is 7.26. The van der Waals surface area contributed by atoms with Crippen LogP contribution < -0.4 is 10.6 Å². The molecule has 260 valence electrons. The minimum Gasteiger partial charge on any atom is -0.345 e. The number of hydrogen-bond donors (Lipinski definition) is 2. The van der Waals surface area contributed by atoms with Gasteiger partial charge in [-0.1, -0.05) is 29.4 Å². The molecule has 0 spiro atoms. The van der Waals surface area contributed by atoms with Crippen LogP contribution >= 0.6 is 23.4 Å². The Kier molecular flexibility index (Phi) is 10.6. The van der Waals surface area contributed by atoms with Gasteiger partial charge >= 0.3 is 12.4 Å². The van der Waals surface area contributed by atoms with Crippen molar-refractivity contribution in [2.24, 2.45) is 0 Å². The first-order valence-electron chi connectivity index (χ1n) is 14.3. The molecule has 1 aliphatic rings. The van der Waals surface area contributed by atoms with E-state index in [0.717, 1.165) is 54.9 Å². The SMILES string of the molecule is O=C(CSc1nnc(CNC(=O)c2ccc(S(=O)(=O)N3CCCC3)cc2)n1-c1cccc(C(F)(F)F)c1)Nc1cc(C(F)(F)F)ccc1Cl. The van der Waals surface area contributed by atoms with Gasteiger partial charge in [-0.2, -0.15) is 30.6 Å². The number of hydrogen-bond acceptors (Lipinski definition) is 7. The molecule has 1 aromatic heterocycles. The maximum atomic E-state index is 13.6. The Morgan fingerprint density at radius 3 is 2.18 bits per heavy atom. The summed E-state index contributed by atoms with van der Waals surface area (Å²) in [6, 6.07) is 11.8. The van der Waals surface area contributed by atoms with E-state index < -0.39 is 51.1 Å². The molecule has 0 unspecified atom stereocenters. The van der Waals surface area contributed by atoms with E-state index >= 15 is 0 Å². The van der Waals surface area contributed by atoms with Gasteiger partial charge in [0.15, 0.2) is 11.0 Å². The maximum Gasteiger partial charge on any atom is 0.416 e. The van der Waals surface area contributed by atoms with Crippen LogP contribution in [0.4, 0.5) is 32.0 Å². The van der Waals surface area contributed by atoms with Crippen LogP contribution in [0, 0.1) is 0 Å². The smallest absolute Gasteiger partial charge is 0.345 e. The molecule has 0 atom stereocenters. The average molecular weight is 747 g/mol. The summed E-state index contributed by atoms with van der Waals surface area (Å²) >= 11 is 6.68. The van der Waals surface area contributed by atoms with E-state index in [1.807, 2.05) is 0 Å². The van der Waals surface area contributed by atoms with Crippen LogP contribution in [-0.4, -0.2) is 58.1 Å². The van der Waals surface area contributed by atoms with Gasteiger partial charge in [0.2, 0.25) is 15.9 Å². The van der Waals surface area contributed by atoms with E-state index in [0.29, 0.717) is 19.2 Å². The summed E-state index contributed by atoms with van der Waals surface area (Å²) in [5.74, 6) is -1.92. The Bertz CT molecular complexity index is 1960. The normalized spacial score (nSPS) is 14.2. The van der Waals surface area contributed by atoms with Gasteiger partial charge in [0.1, 0.15) is 0 Å². The zero-order valence-electron chi connectivity index (χ0n) is 25.0. The molecule has 10 nitrogen and oxygen atoms in total. The lowest BCUT2D eigenvalue weighted by molar-refractivity contribution is -0.138. The standard InChI is InChI=1S/C30H25ClF6N6O4S2/c31-23-11-8-20(30(35,36)37)15-24(23)39-26(44)17-48-28-41-40-25(43(28)21-5-3-4-19(14-21)29(32,33)34)16-38-27(45)18-6-9-22(10-7-18)49(46,47)42-12-1-2-13-42/h3-11,14-15H,1-2,12-13,16-17H2,(H,38,45)(H,39,44). The molecule has 0 saturated carbocycles. The van der Waals surface area contributed by atoms with Crippen LogP contribution in [0.25, 0.3) is 5.69 Å². The van der Waals surface area contributed by atoms with Crippen LogP contribution in [0.5, 0.6) is 0 Å². The van der Waals surface area contributed by atoms with E-state index in [4.69, 9.17) is 11.6 Å². The number of benzene rings is 3. The van der Waals surface area contributed by atoms with Crippen LogP contribution in [0.1, 0.15) is 40.2 Å². The summed E-state index contributed by atoms with van der Waals surface area (Å²) < 4.78 is 108. The average Bonchev–Trinajstić information content (AvgIpc) is 3.74. The third-order valence-corrected chi connectivity index (χ3v) is 10.4. The number of aromatic nitrogens is 3. The van der Waals surface area contributed by atoms with Crippen LogP contribution in [0.15, 0.2) is 76.8 Å². The molecule has 1 saturated heterocycles. The van der Waals surface area contributed by atoms with Crippen molar-refractivity contribution in [3.63, 3.8) is 0 Å². The van der Waals surface area contributed by atoms with Gasteiger partial charge in [-0.05, 0) is 73.5 Å². The van der Waals surface area contributed by atoms with Gasteiger partial charge in [0, 0.05) is 18.7 Å². The van der Waals surface area contributed by atoms with Gasteiger partial charge in [-0.3, -0.25) is 14.2 Å².